The molecule has 3 rings (SSSR count). The number of hydrogen-bond donors (Lipinski definition) is 2. The first-order valence-electron chi connectivity index (χ1n) is 8.56. The van der Waals surface area contributed by atoms with Crippen LogP contribution in [0.25, 0.3) is 0 Å². The summed E-state index contributed by atoms with van der Waals surface area (Å²) >= 11 is 6.14. The maximum absolute atomic E-state index is 12.6. The fraction of sp³-hybridized carbons (Fsp3) is 0.0952. The molecular weight excluding hydrogens is 396 g/mol. The van der Waals surface area contributed by atoms with Gasteiger partial charge in [0.2, 0.25) is 10.0 Å². The van der Waals surface area contributed by atoms with Crippen molar-refractivity contribution in [1.82, 2.24) is 4.72 Å². The van der Waals surface area contributed by atoms with Crippen LogP contribution in [0.2, 0.25) is 5.02 Å². The van der Waals surface area contributed by atoms with Crippen molar-refractivity contribution >= 4 is 33.2 Å². The number of carbonyl (C=O) groups excluding carboxylic acids is 1. The molecular formula is C21H19ClN2O3S. The van der Waals surface area contributed by atoms with Crippen LogP contribution in [0.15, 0.2) is 77.7 Å². The molecule has 0 saturated carbocycles. The van der Waals surface area contributed by atoms with E-state index in [2.05, 4.69) is 10.0 Å². The minimum Gasteiger partial charge on any atom is -0.321 e. The Labute approximate surface area is 169 Å². The molecule has 5 nitrogen and oxygen atoms in total. The zero-order valence-electron chi connectivity index (χ0n) is 15.1. The maximum Gasteiger partial charge on any atom is 0.255 e. The standard InChI is InChI=1S/C21H19ClN2O3S/c1-15-10-11-20(19(22)12-15)24-21(25)17-8-5-9-18(13-17)28(26,27)23-14-16-6-3-2-4-7-16/h2-13,23H,14H2,1H3,(H,24,25). The topological polar surface area (TPSA) is 75.3 Å². The zero-order valence-corrected chi connectivity index (χ0v) is 16.7. The maximum atomic E-state index is 12.6. The van der Waals surface area contributed by atoms with E-state index >= 15 is 0 Å². The quantitative estimate of drug-likeness (QED) is 0.628. The van der Waals surface area contributed by atoms with E-state index < -0.39 is 15.9 Å². The number of sulfonamides is 1. The molecule has 7 heteroatoms. The highest BCUT2D eigenvalue weighted by Crippen LogP contribution is 2.23. The molecule has 0 aliphatic rings. The van der Waals surface area contributed by atoms with E-state index in [4.69, 9.17) is 11.6 Å². The van der Waals surface area contributed by atoms with Crippen molar-refractivity contribution in [3.63, 3.8) is 0 Å². The van der Waals surface area contributed by atoms with Gasteiger partial charge in [-0.1, -0.05) is 54.1 Å². The summed E-state index contributed by atoms with van der Waals surface area (Å²) < 4.78 is 27.7. The molecule has 0 atom stereocenters. The van der Waals surface area contributed by atoms with Gasteiger partial charge >= 0.3 is 0 Å². The van der Waals surface area contributed by atoms with Gasteiger partial charge in [-0.05, 0) is 48.4 Å². The first-order valence-corrected chi connectivity index (χ1v) is 10.4. The second-order valence-electron chi connectivity index (χ2n) is 6.28. The van der Waals surface area contributed by atoms with Crippen LogP contribution < -0.4 is 10.0 Å². The van der Waals surface area contributed by atoms with Crippen LogP contribution >= 0.6 is 11.6 Å². The molecule has 28 heavy (non-hydrogen) atoms. The second kappa shape index (κ2) is 8.56. The number of halogens is 1. The third-order valence-electron chi connectivity index (χ3n) is 4.09. The Hall–Kier alpha value is -2.67. The highest BCUT2D eigenvalue weighted by molar-refractivity contribution is 7.89. The Balaban J connectivity index is 1.76. The Bertz CT molecular complexity index is 1100. The summed E-state index contributed by atoms with van der Waals surface area (Å²) in [5.41, 5.74) is 2.50. The van der Waals surface area contributed by atoms with E-state index in [-0.39, 0.29) is 17.0 Å². The first-order chi connectivity index (χ1) is 13.3. The van der Waals surface area contributed by atoms with Crippen LogP contribution in [0.5, 0.6) is 0 Å². The van der Waals surface area contributed by atoms with Gasteiger partial charge in [-0.3, -0.25) is 4.79 Å². The number of carbonyl (C=O) groups is 1. The summed E-state index contributed by atoms with van der Waals surface area (Å²) in [6.07, 6.45) is 0. The third-order valence-corrected chi connectivity index (χ3v) is 5.80. The van der Waals surface area contributed by atoms with Gasteiger partial charge in [0.05, 0.1) is 15.6 Å². The minimum atomic E-state index is -3.76. The Morgan fingerprint density at radius 3 is 2.43 bits per heavy atom. The summed E-state index contributed by atoms with van der Waals surface area (Å²) in [4.78, 5) is 12.5. The van der Waals surface area contributed by atoms with E-state index in [0.717, 1.165) is 11.1 Å². The predicted molar refractivity (Wildman–Crippen MR) is 111 cm³/mol. The van der Waals surface area contributed by atoms with Crippen LogP contribution in [0.3, 0.4) is 0 Å². The molecule has 0 heterocycles. The summed E-state index contributed by atoms with van der Waals surface area (Å²) in [5.74, 6) is -0.439. The van der Waals surface area contributed by atoms with Crippen molar-refractivity contribution < 1.29 is 13.2 Å². The number of nitrogens with one attached hydrogen (secondary N) is 2. The van der Waals surface area contributed by atoms with Gasteiger partial charge in [0, 0.05) is 12.1 Å². The van der Waals surface area contributed by atoms with Crippen molar-refractivity contribution in [1.29, 1.82) is 0 Å². The van der Waals surface area contributed by atoms with Crippen molar-refractivity contribution in [3.05, 3.63) is 94.5 Å². The van der Waals surface area contributed by atoms with Crippen molar-refractivity contribution in [3.8, 4) is 0 Å². The van der Waals surface area contributed by atoms with E-state index in [1.54, 1.807) is 18.2 Å². The van der Waals surface area contributed by atoms with Crippen molar-refractivity contribution in [2.24, 2.45) is 0 Å². The molecule has 0 bridgehead atoms. The zero-order chi connectivity index (χ0) is 20.1. The molecule has 0 aromatic heterocycles. The Morgan fingerprint density at radius 1 is 0.964 bits per heavy atom. The highest BCUT2D eigenvalue weighted by atomic mass is 35.5. The lowest BCUT2D eigenvalue weighted by molar-refractivity contribution is 0.102. The van der Waals surface area contributed by atoms with Gasteiger partial charge in [-0.2, -0.15) is 0 Å². The lowest BCUT2D eigenvalue weighted by Crippen LogP contribution is -2.23. The van der Waals surface area contributed by atoms with Gasteiger partial charge < -0.3 is 5.32 Å². The van der Waals surface area contributed by atoms with Crippen molar-refractivity contribution in [2.45, 2.75) is 18.4 Å². The second-order valence-corrected chi connectivity index (χ2v) is 8.45. The SMILES string of the molecule is Cc1ccc(NC(=O)c2cccc(S(=O)(=O)NCc3ccccc3)c2)c(Cl)c1. The fourth-order valence-electron chi connectivity index (χ4n) is 2.58. The lowest BCUT2D eigenvalue weighted by atomic mass is 10.2. The molecule has 144 valence electrons. The molecule has 0 spiro atoms. The minimum absolute atomic E-state index is 0.0195. The van der Waals surface area contributed by atoms with Gasteiger partial charge in [0.25, 0.3) is 5.91 Å². The Morgan fingerprint density at radius 2 is 1.71 bits per heavy atom. The molecule has 0 aliphatic heterocycles. The molecule has 3 aromatic rings. The number of rotatable bonds is 6. The molecule has 3 aromatic carbocycles. The first kappa shape index (κ1) is 20.1. The van der Waals surface area contributed by atoms with Gasteiger partial charge in [-0.25, -0.2) is 13.1 Å². The van der Waals surface area contributed by atoms with Gasteiger partial charge in [-0.15, -0.1) is 0 Å². The summed E-state index contributed by atoms with van der Waals surface area (Å²) in [5, 5.41) is 3.12. The molecule has 0 unspecified atom stereocenters. The normalized spacial score (nSPS) is 11.2. The molecule has 0 radical (unpaired) electrons. The van der Waals surface area contributed by atoms with Gasteiger partial charge in [0.15, 0.2) is 0 Å². The van der Waals surface area contributed by atoms with Gasteiger partial charge in [0.1, 0.15) is 0 Å². The lowest BCUT2D eigenvalue weighted by Gasteiger charge is -2.10. The van der Waals surface area contributed by atoms with Crippen LogP contribution in [-0.4, -0.2) is 14.3 Å². The van der Waals surface area contributed by atoms with Crippen LogP contribution in [-0.2, 0) is 16.6 Å². The van der Waals surface area contributed by atoms with E-state index in [1.807, 2.05) is 43.3 Å². The molecule has 0 saturated heterocycles. The van der Waals surface area contributed by atoms with E-state index in [9.17, 15) is 13.2 Å². The highest BCUT2D eigenvalue weighted by Gasteiger charge is 2.16. The fourth-order valence-corrected chi connectivity index (χ4v) is 3.92. The van der Waals surface area contributed by atoms with E-state index in [1.165, 1.54) is 18.2 Å². The largest absolute Gasteiger partial charge is 0.321 e. The monoisotopic (exact) mass is 414 g/mol. The predicted octanol–water partition coefficient (Wildman–Crippen LogP) is 4.38. The number of amides is 1. The third kappa shape index (κ3) is 4.98. The summed E-state index contributed by atoms with van der Waals surface area (Å²) in [6.45, 7) is 2.06. The smallest absolute Gasteiger partial charge is 0.255 e. The summed E-state index contributed by atoms with van der Waals surface area (Å²) in [7, 11) is -3.76. The average molecular weight is 415 g/mol. The molecule has 0 aliphatic carbocycles. The van der Waals surface area contributed by atoms with E-state index in [0.29, 0.717) is 10.7 Å². The van der Waals surface area contributed by atoms with Crippen LogP contribution in [0.1, 0.15) is 21.5 Å². The molecule has 1 amide bonds. The number of aryl methyl sites for hydroxylation is 1. The Kier molecular flexibility index (Phi) is 6.14. The summed E-state index contributed by atoms with van der Waals surface area (Å²) in [6, 6.07) is 20.3. The van der Waals surface area contributed by atoms with Crippen LogP contribution in [0.4, 0.5) is 5.69 Å². The molecule has 2 N–H and O–H groups in total. The average Bonchev–Trinajstić information content (AvgIpc) is 2.69. The molecule has 0 fully saturated rings. The van der Waals surface area contributed by atoms with Crippen molar-refractivity contribution in [2.75, 3.05) is 5.32 Å². The number of hydrogen-bond acceptors (Lipinski definition) is 3. The number of anilines is 1. The van der Waals surface area contributed by atoms with Crippen LogP contribution in [0, 0.1) is 6.92 Å². The number of benzene rings is 3.